The van der Waals surface area contributed by atoms with E-state index in [1.165, 1.54) is 0 Å². The quantitative estimate of drug-likeness (QED) is 0.821. The van der Waals surface area contributed by atoms with E-state index < -0.39 is 0 Å². The largest absolute Gasteiger partial charge is 0.383 e. The van der Waals surface area contributed by atoms with Crippen molar-refractivity contribution in [3.63, 3.8) is 0 Å². The summed E-state index contributed by atoms with van der Waals surface area (Å²) in [5.74, 6) is -0.0112. The van der Waals surface area contributed by atoms with Gasteiger partial charge in [0.1, 0.15) is 0 Å². The first-order chi connectivity index (χ1) is 9.70. The zero-order valence-corrected chi connectivity index (χ0v) is 12.5. The van der Waals surface area contributed by atoms with Crippen molar-refractivity contribution in [3.8, 4) is 0 Å². The Labute approximate surface area is 123 Å². The van der Waals surface area contributed by atoms with Crippen LogP contribution < -0.4 is 0 Å². The average Bonchev–Trinajstić information content (AvgIpc) is 2.96. The molecule has 0 fully saturated rings. The highest BCUT2D eigenvalue weighted by molar-refractivity contribution is 7.09. The maximum absolute atomic E-state index is 12.5. The van der Waals surface area contributed by atoms with Crippen LogP contribution in [0.15, 0.2) is 35.8 Å². The van der Waals surface area contributed by atoms with Crippen LogP contribution >= 0.6 is 11.3 Å². The predicted octanol–water partition coefficient (Wildman–Crippen LogP) is 2.74. The van der Waals surface area contributed by atoms with Crippen LogP contribution in [0.25, 0.3) is 0 Å². The lowest BCUT2D eigenvalue weighted by molar-refractivity contribution is 0.0682. The van der Waals surface area contributed by atoms with Gasteiger partial charge in [-0.05, 0) is 30.5 Å². The minimum absolute atomic E-state index is 0.0112. The van der Waals surface area contributed by atoms with Crippen LogP contribution in [0.2, 0.25) is 0 Å². The maximum Gasteiger partial charge on any atom is 0.255 e. The van der Waals surface area contributed by atoms with E-state index in [1.54, 1.807) is 29.5 Å². The van der Waals surface area contributed by atoms with Gasteiger partial charge in [0.25, 0.3) is 5.91 Å². The van der Waals surface area contributed by atoms with Gasteiger partial charge >= 0.3 is 0 Å². The van der Waals surface area contributed by atoms with Gasteiger partial charge in [-0.25, -0.2) is 0 Å². The Hall–Kier alpha value is -1.72. The van der Waals surface area contributed by atoms with Gasteiger partial charge in [0.05, 0.1) is 18.7 Å². The van der Waals surface area contributed by atoms with E-state index in [1.807, 2.05) is 36.6 Å². The standard InChI is InChI=1S/C15H18N2O2S/c1-12-5-6-13(10-16-12)15(18)17(7-8-19-2)11-14-4-3-9-20-14/h3-6,9-10H,7-8,11H2,1-2H3. The molecule has 1 amide bonds. The normalized spacial score (nSPS) is 10.5. The molecule has 0 saturated heterocycles. The van der Waals surface area contributed by atoms with Crippen LogP contribution in [-0.2, 0) is 11.3 Å². The molecule has 0 unspecified atom stereocenters. The predicted molar refractivity (Wildman–Crippen MR) is 79.9 cm³/mol. The van der Waals surface area contributed by atoms with E-state index in [2.05, 4.69) is 4.98 Å². The molecule has 0 aromatic carbocycles. The van der Waals surface area contributed by atoms with Crippen molar-refractivity contribution in [2.24, 2.45) is 0 Å². The van der Waals surface area contributed by atoms with Gasteiger partial charge in [-0.3, -0.25) is 9.78 Å². The molecule has 0 bridgehead atoms. The number of carbonyl (C=O) groups excluding carboxylic acids is 1. The third-order valence-electron chi connectivity index (χ3n) is 2.94. The van der Waals surface area contributed by atoms with Crippen LogP contribution in [0.4, 0.5) is 0 Å². The Kier molecular flexibility index (Phi) is 5.26. The van der Waals surface area contributed by atoms with Crippen LogP contribution in [0, 0.1) is 6.92 Å². The summed E-state index contributed by atoms with van der Waals surface area (Å²) in [6.45, 7) is 3.61. The number of thiophene rings is 1. The summed E-state index contributed by atoms with van der Waals surface area (Å²) < 4.78 is 5.09. The van der Waals surface area contributed by atoms with E-state index in [0.29, 0.717) is 25.3 Å². The highest BCUT2D eigenvalue weighted by Crippen LogP contribution is 2.14. The fourth-order valence-electron chi connectivity index (χ4n) is 1.82. The van der Waals surface area contributed by atoms with Crippen molar-refractivity contribution in [3.05, 3.63) is 52.0 Å². The van der Waals surface area contributed by atoms with Gasteiger partial charge in [0.2, 0.25) is 0 Å². The first-order valence-electron chi connectivity index (χ1n) is 6.44. The second-order valence-electron chi connectivity index (χ2n) is 4.49. The molecule has 0 saturated carbocycles. The van der Waals surface area contributed by atoms with E-state index in [-0.39, 0.29) is 5.91 Å². The first-order valence-corrected chi connectivity index (χ1v) is 7.32. The maximum atomic E-state index is 12.5. The summed E-state index contributed by atoms with van der Waals surface area (Å²) >= 11 is 1.65. The number of methoxy groups -OCH3 is 1. The topological polar surface area (TPSA) is 42.4 Å². The van der Waals surface area contributed by atoms with E-state index in [0.717, 1.165) is 10.6 Å². The number of aromatic nitrogens is 1. The summed E-state index contributed by atoms with van der Waals surface area (Å²) in [6.07, 6.45) is 1.63. The van der Waals surface area contributed by atoms with Gasteiger partial charge in [-0.15, -0.1) is 11.3 Å². The Balaban J connectivity index is 2.12. The molecule has 2 rings (SSSR count). The second-order valence-corrected chi connectivity index (χ2v) is 5.52. The molecular weight excluding hydrogens is 272 g/mol. The highest BCUT2D eigenvalue weighted by atomic mass is 32.1. The Morgan fingerprint density at radius 3 is 2.85 bits per heavy atom. The summed E-state index contributed by atoms with van der Waals surface area (Å²) in [6, 6.07) is 7.70. The minimum atomic E-state index is -0.0112. The first kappa shape index (κ1) is 14.7. The number of amides is 1. The van der Waals surface area contributed by atoms with Crippen molar-refractivity contribution >= 4 is 17.2 Å². The van der Waals surface area contributed by atoms with E-state index in [9.17, 15) is 4.79 Å². The molecule has 0 aliphatic rings. The molecule has 0 aliphatic carbocycles. The fraction of sp³-hybridized carbons (Fsp3) is 0.333. The average molecular weight is 290 g/mol. The molecule has 0 N–H and O–H groups in total. The van der Waals surface area contributed by atoms with Crippen LogP contribution in [-0.4, -0.2) is 36.1 Å². The Morgan fingerprint density at radius 2 is 2.25 bits per heavy atom. The number of carbonyl (C=O) groups is 1. The second kappa shape index (κ2) is 7.17. The third kappa shape index (κ3) is 3.88. The molecule has 106 valence electrons. The van der Waals surface area contributed by atoms with Crippen molar-refractivity contribution in [1.82, 2.24) is 9.88 Å². The zero-order valence-electron chi connectivity index (χ0n) is 11.7. The lowest BCUT2D eigenvalue weighted by atomic mass is 10.2. The SMILES string of the molecule is COCCN(Cc1cccs1)C(=O)c1ccc(C)nc1. The number of aryl methyl sites for hydroxylation is 1. The van der Waals surface area contributed by atoms with Crippen molar-refractivity contribution in [1.29, 1.82) is 0 Å². The van der Waals surface area contributed by atoms with Gasteiger partial charge in [-0.2, -0.15) is 0 Å². The zero-order chi connectivity index (χ0) is 14.4. The Bertz CT molecular complexity index is 538. The van der Waals surface area contributed by atoms with Crippen molar-refractivity contribution in [2.75, 3.05) is 20.3 Å². The van der Waals surface area contributed by atoms with Crippen molar-refractivity contribution < 1.29 is 9.53 Å². The molecule has 2 aromatic heterocycles. The molecule has 0 aliphatic heterocycles. The number of nitrogens with zero attached hydrogens (tertiary/aromatic N) is 2. The van der Waals surface area contributed by atoms with Gasteiger partial charge in [-0.1, -0.05) is 6.07 Å². The summed E-state index contributed by atoms with van der Waals surface area (Å²) in [5, 5.41) is 2.02. The van der Waals surface area contributed by atoms with E-state index >= 15 is 0 Å². The van der Waals surface area contributed by atoms with Crippen LogP contribution in [0.5, 0.6) is 0 Å². The molecular formula is C15H18N2O2S. The van der Waals surface area contributed by atoms with Gasteiger partial charge < -0.3 is 9.64 Å². The molecule has 0 radical (unpaired) electrons. The third-order valence-corrected chi connectivity index (χ3v) is 3.80. The highest BCUT2D eigenvalue weighted by Gasteiger charge is 2.16. The fourth-order valence-corrected chi connectivity index (χ4v) is 2.54. The molecule has 20 heavy (non-hydrogen) atoms. The molecule has 2 aromatic rings. The van der Waals surface area contributed by atoms with E-state index in [4.69, 9.17) is 4.74 Å². The number of ether oxygens (including phenoxy) is 1. The summed E-state index contributed by atoms with van der Waals surface area (Å²) in [7, 11) is 1.64. The molecule has 2 heterocycles. The smallest absolute Gasteiger partial charge is 0.255 e. The molecule has 0 atom stereocenters. The van der Waals surface area contributed by atoms with Crippen LogP contribution in [0.1, 0.15) is 20.9 Å². The van der Waals surface area contributed by atoms with Gasteiger partial charge in [0.15, 0.2) is 0 Å². The minimum Gasteiger partial charge on any atom is -0.383 e. The lowest BCUT2D eigenvalue weighted by Crippen LogP contribution is -2.33. The number of rotatable bonds is 6. The summed E-state index contributed by atoms with van der Waals surface area (Å²) in [4.78, 5) is 19.7. The van der Waals surface area contributed by atoms with Crippen molar-refractivity contribution in [2.45, 2.75) is 13.5 Å². The lowest BCUT2D eigenvalue weighted by Gasteiger charge is -2.21. The number of hydrogen-bond acceptors (Lipinski definition) is 4. The van der Waals surface area contributed by atoms with Crippen LogP contribution in [0.3, 0.4) is 0 Å². The molecule has 5 heteroatoms. The monoisotopic (exact) mass is 290 g/mol. The summed E-state index contributed by atoms with van der Waals surface area (Å²) in [5.41, 5.74) is 1.52. The molecule has 0 spiro atoms. The number of pyridine rings is 1. The number of hydrogen-bond donors (Lipinski definition) is 0. The molecule has 4 nitrogen and oxygen atoms in total. The Morgan fingerprint density at radius 1 is 1.40 bits per heavy atom. The van der Waals surface area contributed by atoms with Gasteiger partial charge in [0, 0.05) is 30.4 Å².